The van der Waals surface area contributed by atoms with Gasteiger partial charge in [-0.1, -0.05) is 29.8 Å². The monoisotopic (exact) mass is 428 g/mol. The van der Waals surface area contributed by atoms with Gasteiger partial charge in [-0.25, -0.2) is 9.97 Å². The predicted molar refractivity (Wildman–Crippen MR) is 120 cm³/mol. The first-order chi connectivity index (χ1) is 14.3. The fraction of sp³-hybridized carbons (Fsp3) is 0.364. The van der Waals surface area contributed by atoms with E-state index in [4.69, 9.17) is 5.73 Å². The fourth-order valence-electron chi connectivity index (χ4n) is 2.82. The van der Waals surface area contributed by atoms with Crippen LogP contribution in [0.3, 0.4) is 0 Å². The molecule has 0 saturated carbocycles. The molecule has 0 atom stereocenters. The van der Waals surface area contributed by atoms with Crippen LogP contribution in [0.15, 0.2) is 41.1 Å². The highest BCUT2D eigenvalue weighted by atomic mass is 32.2. The van der Waals surface area contributed by atoms with Gasteiger partial charge in [0.1, 0.15) is 11.6 Å². The van der Waals surface area contributed by atoms with Crippen molar-refractivity contribution >= 4 is 29.8 Å². The second kappa shape index (κ2) is 11.5. The lowest BCUT2D eigenvalue weighted by Gasteiger charge is -2.22. The minimum Gasteiger partial charge on any atom is -0.396 e. The number of anilines is 1. The number of carbonyl (C=O) groups excluding carboxylic acids is 2. The maximum absolute atomic E-state index is 12.4. The molecule has 0 aliphatic rings. The Morgan fingerprint density at radius 2 is 1.93 bits per heavy atom. The quantitative estimate of drug-likeness (QED) is 0.417. The van der Waals surface area contributed by atoms with E-state index in [0.29, 0.717) is 47.1 Å². The van der Waals surface area contributed by atoms with E-state index >= 15 is 0 Å². The third-order valence-electron chi connectivity index (χ3n) is 4.64. The number of benzene rings is 1. The normalized spacial score (nSPS) is 11.7. The van der Waals surface area contributed by atoms with Crippen molar-refractivity contribution in [1.29, 1.82) is 0 Å². The van der Waals surface area contributed by atoms with Crippen molar-refractivity contribution in [3.05, 3.63) is 63.6 Å². The number of allylic oxidation sites excluding steroid dienone is 1. The molecule has 0 spiro atoms. The molecule has 1 aromatic heterocycles. The van der Waals surface area contributed by atoms with Crippen LogP contribution in [0.2, 0.25) is 0 Å². The number of rotatable bonds is 11. The van der Waals surface area contributed by atoms with E-state index in [2.05, 4.69) is 9.97 Å². The molecule has 0 unspecified atom stereocenters. The molecule has 0 aliphatic heterocycles. The molecule has 0 saturated heterocycles. The van der Waals surface area contributed by atoms with Gasteiger partial charge >= 0.3 is 0 Å². The Kier molecular flexibility index (Phi) is 9.01. The molecular formula is C22H28N4O3S. The average molecular weight is 429 g/mol. The van der Waals surface area contributed by atoms with Crippen molar-refractivity contribution in [2.45, 2.75) is 40.2 Å². The number of aryl methyl sites for hydroxylation is 2. The van der Waals surface area contributed by atoms with Crippen LogP contribution < -0.4 is 5.73 Å². The van der Waals surface area contributed by atoms with E-state index in [1.54, 1.807) is 13.1 Å². The number of Topliss-reactive ketones (excluding diaryl/α,β-unsaturated/α-hetero) is 1. The largest absolute Gasteiger partial charge is 0.396 e. The van der Waals surface area contributed by atoms with Crippen LogP contribution in [0.25, 0.3) is 0 Å². The van der Waals surface area contributed by atoms with Crippen LogP contribution in [-0.4, -0.2) is 44.5 Å². The van der Waals surface area contributed by atoms with Crippen molar-refractivity contribution in [1.82, 2.24) is 14.9 Å². The van der Waals surface area contributed by atoms with Crippen LogP contribution in [0.5, 0.6) is 0 Å². The molecule has 7 nitrogen and oxygen atoms in total. The number of carbonyl (C=O) groups is 2. The summed E-state index contributed by atoms with van der Waals surface area (Å²) in [6, 6.07) is 7.51. The minimum absolute atomic E-state index is 0.0476. The van der Waals surface area contributed by atoms with Crippen molar-refractivity contribution in [3.63, 3.8) is 0 Å². The maximum Gasteiger partial charge on any atom is 0.214 e. The summed E-state index contributed by atoms with van der Waals surface area (Å²) < 4.78 is 0. The van der Waals surface area contributed by atoms with Crippen LogP contribution in [0.1, 0.15) is 47.1 Å². The lowest BCUT2D eigenvalue weighted by Crippen LogP contribution is -2.22. The molecule has 0 radical (unpaired) electrons. The smallest absolute Gasteiger partial charge is 0.214 e. The van der Waals surface area contributed by atoms with Gasteiger partial charge in [-0.2, -0.15) is 0 Å². The lowest BCUT2D eigenvalue weighted by atomic mass is 10.1. The zero-order chi connectivity index (χ0) is 22.1. The number of aliphatic hydroxyl groups is 1. The second-order valence-electron chi connectivity index (χ2n) is 6.93. The zero-order valence-electron chi connectivity index (χ0n) is 17.6. The summed E-state index contributed by atoms with van der Waals surface area (Å²) in [5, 5.41) is 9.46. The molecular weight excluding hydrogens is 400 g/mol. The third kappa shape index (κ3) is 6.67. The minimum atomic E-state index is -0.0476. The Labute approximate surface area is 181 Å². The molecule has 1 amide bonds. The van der Waals surface area contributed by atoms with Crippen LogP contribution >= 0.6 is 11.8 Å². The van der Waals surface area contributed by atoms with Crippen LogP contribution in [-0.2, 0) is 11.3 Å². The predicted octanol–water partition coefficient (Wildman–Crippen LogP) is 3.25. The van der Waals surface area contributed by atoms with Crippen molar-refractivity contribution in [2.75, 3.05) is 18.1 Å². The summed E-state index contributed by atoms with van der Waals surface area (Å²) in [6.07, 6.45) is 3.11. The van der Waals surface area contributed by atoms with Gasteiger partial charge in [0, 0.05) is 53.1 Å². The van der Waals surface area contributed by atoms with E-state index in [1.807, 2.05) is 38.1 Å². The highest BCUT2D eigenvalue weighted by Crippen LogP contribution is 2.27. The van der Waals surface area contributed by atoms with Crippen molar-refractivity contribution < 1.29 is 14.7 Å². The fourth-order valence-corrected chi connectivity index (χ4v) is 3.92. The Hall–Kier alpha value is -2.71. The number of aromatic nitrogens is 2. The van der Waals surface area contributed by atoms with E-state index in [-0.39, 0.29) is 18.9 Å². The molecule has 2 rings (SSSR count). The van der Waals surface area contributed by atoms with Crippen LogP contribution in [0.4, 0.5) is 5.82 Å². The first kappa shape index (κ1) is 23.6. The lowest BCUT2D eigenvalue weighted by molar-refractivity contribution is -0.116. The molecule has 0 fully saturated rings. The maximum atomic E-state index is 12.4. The van der Waals surface area contributed by atoms with Crippen LogP contribution in [0, 0.1) is 13.8 Å². The SMILES string of the molecule is C/C(=C(/CCO)SCCC(=O)c1ccc(C)cc1)N(C=O)Cc1cnc(C)nc1N. The van der Waals surface area contributed by atoms with Gasteiger partial charge in [-0.15, -0.1) is 11.8 Å². The summed E-state index contributed by atoms with van der Waals surface area (Å²) in [5.41, 5.74) is 9.11. The second-order valence-corrected chi connectivity index (χ2v) is 8.12. The molecule has 3 N–H and O–H groups in total. The number of amides is 1. The Balaban J connectivity index is 2.07. The number of nitrogens with two attached hydrogens (primary N) is 1. The Morgan fingerprint density at radius 3 is 2.53 bits per heavy atom. The summed E-state index contributed by atoms with van der Waals surface area (Å²) in [7, 11) is 0. The molecule has 0 bridgehead atoms. The highest BCUT2D eigenvalue weighted by molar-refractivity contribution is 8.03. The number of hydrogen-bond acceptors (Lipinski definition) is 7. The van der Waals surface area contributed by atoms with Gasteiger partial charge in [0.2, 0.25) is 6.41 Å². The number of thioether (sulfide) groups is 1. The summed E-state index contributed by atoms with van der Waals surface area (Å²) in [6.45, 7) is 5.73. The summed E-state index contributed by atoms with van der Waals surface area (Å²) >= 11 is 1.48. The van der Waals surface area contributed by atoms with Crippen molar-refractivity contribution in [3.8, 4) is 0 Å². The van der Waals surface area contributed by atoms with E-state index < -0.39 is 0 Å². The Bertz CT molecular complexity index is 913. The first-order valence-electron chi connectivity index (χ1n) is 9.69. The number of ketones is 1. The van der Waals surface area contributed by atoms with Gasteiger partial charge < -0.3 is 15.7 Å². The molecule has 1 aromatic carbocycles. The van der Waals surface area contributed by atoms with Crippen molar-refractivity contribution in [2.24, 2.45) is 0 Å². The molecule has 0 aliphatic carbocycles. The zero-order valence-corrected chi connectivity index (χ0v) is 18.4. The Morgan fingerprint density at radius 1 is 1.23 bits per heavy atom. The average Bonchev–Trinajstić information content (AvgIpc) is 2.72. The topological polar surface area (TPSA) is 109 Å². The number of nitrogens with zero attached hydrogens (tertiary/aromatic N) is 3. The molecule has 30 heavy (non-hydrogen) atoms. The molecule has 160 valence electrons. The highest BCUT2D eigenvalue weighted by Gasteiger charge is 2.15. The standard InChI is InChI=1S/C22H28N4O3S/c1-15-4-6-18(7-5-15)20(29)9-11-30-21(8-10-27)16(2)26(14-28)13-19-12-24-17(3)25-22(19)23/h4-7,12,14,27H,8-11,13H2,1-3H3,(H2,23,24,25)/b21-16+. The number of nitrogen functional groups attached to an aromatic ring is 1. The third-order valence-corrected chi connectivity index (χ3v) is 5.89. The van der Waals surface area contributed by atoms with Gasteiger partial charge in [0.25, 0.3) is 0 Å². The molecule has 8 heteroatoms. The number of hydrogen-bond donors (Lipinski definition) is 2. The van der Waals surface area contributed by atoms with E-state index in [9.17, 15) is 14.7 Å². The molecule has 2 aromatic rings. The number of aliphatic hydroxyl groups excluding tert-OH is 1. The van der Waals surface area contributed by atoms with E-state index in [1.165, 1.54) is 16.7 Å². The first-order valence-corrected chi connectivity index (χ1v) is 10.7. The van der Waals surface area contributed by atoms with E-state index in [0.717, 1.165) is 16.9 Å². The summed E-state index contributed by atoms with van der Waals surface area (Å²) in [5.74, 6) is 1.53. The van der Waals surface area contributed by atoms with Gasteiger partial charge in [-0.05, 0) is 20.8 Å². The van der Waals surface area contributed by atoms with Gasteiger partial charge in [0.05, 0.1) is 6.54 Å². The van der Waals surface area contributed by atoms with Gasteiger partial charge in [-0.3, -0.25) is 9.59 Å². The summed E-state index contributed by atoms with van der Waals surface area (Å²) in [4.78, 5) is 34.7. The van der Waals surface area contributed by atoms with Gasteiger partial charge in [0.15, 0.2) is 5.78 Å². The molecule has 1 heterocycles.